The minimum atomic E-state index is -0.180. The third kappa shape index (κ3) is 6.52. The van der Waals surface area contributed by atoms with Crippen LogP contribution in [0.15, 0.2) is 84.9 Å². The predicted molar refractivity (Wildman–Crippen MR) is 125 cm³/mol. The average Bonchev–Trinajstić information content (AvgIpc) is 2.81. The monoisotopic (exact) mass is 415 g/mol. The Hall–Kier alpha value is -3.44. The van der Waals surface area contributed by atoms with Crippen molar-refractivity contribution in [3.8, 4) is 0 Å². The SMILES string of the molecule is CCC(NCC(=O)Nc1cccc(C(=O)NC(C)c2ccccc2)c1)c1ccccc1. The minimum Gasteiger partial charge on any atom is -0.346 e. The highest BCUT2D eigenvalue weighted by molar-refractivity contribution is 5.97. The lowest BCUT2D eigenvalue weighted by Gasteiger charge is -2.17. The van der Waals surface area contributed by atoms with Gasteiger partial charge in [0.05, 0.1) is 12.6 Å². The first-order valence-electron chi connectivity index (χ1n) is 10.6. The van der Waals surface area contributed by atoms with E-state index in [1.54, 1.807) is 24.3 Å². The Balaban J connectivity index is 1.56. The molecule has 0 heterocycles. The maximum atomic E-state index is 12.6. The number of hydrogen-bond donors (Lipinski definition) is 3. The van der Waals surface area contributed by atoms with Crippen LogP contribution in [0.4, 0.5) is 5.69 Å². The molecule has 3 rings (SSSR count). The van der Waals surface area contributed by atoms with Crippen LogP contribution in [-0.2, 0) is 4.79 Å². The molecule has 0 radical (unpaired) electrons. The number of amides is 2. The maximum Gasteiger partial charge on any atom is 0.251 e. The second-order valence-corrected chi connectivity index (χ2v) is 7.49. The van der Waals surface area contributed by atoms with E-state index in [9.17, 15) is 9.59 Å². The van der Waals surface area contributed by atoms with Crippen LogP contribution in [-0.4, -0.2) is 18.4 Å². The molecular formula is C26H29N3O2. The van der Waals surface area contributed by atoms with Crippen molar-refractivity contribution in [1.82, 2.24) is 10.6 Å². The Kier molecular flexibility index (Phi) is 7.96. The number of carbonyl (C=O) groups excluding carboxylic acids is 2. The summed E-state index contributed by atoms with van der Waals surface area (Å²) in [5.74, 6) is -0.328. The van der Waals surface area contributed by atoms with Crippen LogP contribution in [0.1, 0.15) is 53.8 Å². The van der Waals surface area contributed by atoms with Gasteiger partial charge in [0.1, 0.15) is 0 Å². The summed E-state index contributed by atoms with van der Waals surface area (Å²) in [5.41, 5.74) is 3.29. The fourth-order valence-electron chi connectivity index (χ4n) is 3.45. The summed E-state index contributed by atoms with van der Waals surface area (Å²) in [6.45, 7) is 4.22. The highest BCUT2D eigenvalue weighted by Crippen LogP contribution is 2.17. The molecule has 0 aliphatic carbocycles. The Morgan fingerprint density at radius 3 is 2.13 bits per heavy atom. The quantitative estimate of drug-likeness (QED) is 0.468. The highest BCUT2D eigenvalue weighted by atomic mass is 16.2. The van der Waals surface area contributed by atoms with E-state index in [0.29, 0.717) is 11.3 Å². The van der Waals surface area contributed by atoms with Crippen molar-refractivity contribution >= 4 is 17.5 Å². The van der Waals surface area contributed by atoms with Gasteiger partial charge in [-0.3, -0.25) is 9.59 Å². The van der Waals surface area contributed by atoms with Gasteiger partial charge in [0, 0.05) is 17.3 Å². The fourth-order valence-corrected chi connectivity index (χ4v) is 3.45. The van der Waals surface area contributed by atoms with Crippen LogP contribution in [0.3, 0.4) is 0 Å². The van der Waals surface area contributed by atoms with E-state index in [-0.39, 0.29) is 30.4 Å². The number of carbonyl (C=O) groups is 2. The highest BCUT2D eigenvalue weighted by Gasteiger charge is 2.13. The van der Waals surface area contributed by atoms with Gasteiger partial charge in [0.15, 0.2) is 0 Å². The largest absolute Gasteiger partial charge is 0.346 e. The zero-order valence-corrected chi connectivity index (χ0v) is 18.0. The average molecular weight is 416 g/mol. The fraction of sp³-hybridized carbons (Fsp3) is 0.231. The van der Waals surface area contributed by atoms with Crippen molar-refractivity contribution in [2.24, 2.45) is 0 Å². The van der Waals surface area contributed by atoms with Gasteiger partial charge in [-0.15, -0.1) is 0 Å². The van der Waals surface area contributed by atoms with Gasteiger partial charge in [-0.05, 0) is 42.7 Å². The Labute approximate surface area is 183 Å². The van der Waals surface area contributed by atoms with E-state index in [1.807, 2.05) is 55.5 Å². The molecule has 5 nitrogen and oxygen atoms in total. The smallest absolute Gasteiger partial charge is 0.251 e. The molecule has 3 N–H and O–H groups in total. The summed E-state index contributed by atoms with van der Waals surface area (Å²) < 4.78 is 0. The molecular weight excluding hydrogens is 386 g/mol. The van der Waals surface area contributed by atoms with Crippen LogP contribution in [0.5, 0.6) is 0 Å². The molecule has 0 aliphatic heterocycles. The van der Waals surface area contributed by atoms with E-state index in [4.69, 9.17) is 0 Å². The molecule has 3 aromatic carbocycles. The van der Waals surface area contributed by atoms with Crippen LogP contribution < -0.4 is 16.0 Å². The van der Waals surface area contributed by atoms with Crippen LogP contribution in [0.25, 0.3) is 0 Å². The number of anilines is 1. The summed E-state index contributed by atoms with van der Waals surface area (Å²) in [7, 11) is 0. The molecule has 0 saturated carbocycles. The molecule has 0 saturated heterocycles. The third-order valence-corrected chi connectivity index (χ3v) is 5.17. The molecule has 0 aliphatic rings. The lowest BCUT2D eigenvalue weighted by Crippen LogP contribution is -2.31. The first kappa shape index (κ1) is 22.2. The number of nitrogens with one attached hydrogen (secondary N) is 3. The van der Waals surface area contributed by atoms with E-state index >= 15 is 0 Å². The standard InChI is InChI=1S/C26H29N3O2/c1-3-24(21-13-8-5-9-14-21)27-18-25(30)29-23-16-10-15-22(17-23)26(31)28-19(2)20-11-6-4-7-12-20/h4-17,19,24,27H,3,18H2,1-2H3,(H,28,31)(H,29,30). The second kappa shape index (κ2) is 11.1. The molecule has 0 spiro atoms. The lowest BCUT2D eigenvalue weighted by atomic mass is 10.0. The van der Waals surface area contributed by atoms with Gasteiger partial charge in [-0.2, -0.15) is 0 Å². The van der Waals surface area contributed by atoms with E-state index in [1.165, 1.54) is 0 Å². The van der Waals surface area contributed by atoms with E-state index < -0.39 is 0 Å². The predicted octanol–water partition coefficient (Wildman–Crippen LogP) is 4.86. The molecule has 0 bridgehead atoms. The van der Waals surface area contributed by atoms with Crippen molar-refractivity contribution < 1.29 is 9.59 Å². The topological polar surface area (TPSA) is 70.2 Å². The summed E-state index contributed by atoms with van der Waals surface area (Å²) in [4.78, 5) is 25.1. The van der Waals surface area contributed by atoms with Gasteiger partial charge in [0.25, 0.3) is 5.91 Å². The van der Waals surface area contributed by atoms with Crippen LogP contribution in [0, 0.1) is 0 Å². The third-order valence-electron chi connectivity index (χ3n) is 5.17. The first-order valence-corrected chi connectivity index (χ1v) is 10.6. The number of hydrogen-bond acceptors (Lipinski definition) is 3. The molecule has 3 aromatic rings. The summed E-state index contributed by atoms with van der Waals surface area (Å²) in [6, 6.07) is 26.9. The summed E-state index contributed by atoms with van der Waals surface area (Å²) >= 11 is 0. The molecule has 31 heavy (non-hydrogen) atoms. The Bertz CT molecular complexity index is 990. The molecule has 2 atom stereocenters. The summed E-state index contributed by atoms with van der Waals surface area (Å²) in [6.07, 6.45) is 0.881. The lowest BCUT2D eigenvalue weighted by molar-refractivity contribution is -0.115. The first-order chi connectivity index (χ1) is 15.1. The van der Waals surface area contributed by atoms with Crippen molar-refractivity contribution in [1.29, 1.82) is 0 Å². The van der Waals surface area contributed by atoms with Gasteiger partial charge < -0.3 is 16.0 Å². The molecule has 5 heteroatoms. The zero-order chi connectivity index (χ0) is 22.1. The molecule has 0 aromatic heterocycles. The van der Waals surface area contributed by atoms with Gasteiger partial charge in [-0.25, -0.2) is 0 Å². The van der Waals surface area contributed by atoms with Crippen molar-refractivity contribution in [2.45, 2.75) is 32.4 Å². The Morgan fingerprint density at radius 2 is 1.48 bits per heavy atom. The van der Waals surface area contributed by atoms with Gasteiger partial charge in [0.2, 0.25) is 5.91 Å². The maximum absolute atomic E-state index is 12.6. The minimum absolute atomic E-state index is 0.111. The van der Waals surface area contributed by atoms with Crippen molar-refractivity contribution in [3.63, 3.8) is 0 Å². The number of rotatable bonds is 9. The second-order valence-electron chi connectivity index (χ2n) is 7.49. The van der Waals surface area contributed by atoms with Crippen molar-refractivity contribution in [2.75, 3.05) is 11.9 Å². The zero-order valence-electron chi connectivity index (χ0n) is 18.0. The van der Waals surface area contributed by atoms with E-state index in [2.05, 4.69) is 35.0 Å². The molecule has 2 unspecified atom stereocenters. The Morgan fingerprint density at radius 1 is 0.839 bits per heavy atom. The normalized spacial score (nSPS) is 12.6. The van der Waals surface area contributed by atoms with Crippen LogP contribution in [0.2, 0.25) is 0 Å². The summed E-state index contributed by atoms with van der Waals surface area (Å²) in [5, 5.41) is 9.16. The number of benzene rings is 3. The van der Waals surface area contributed by atoms with Gasteiger partial charge in [-0.1, -0.05) is 73.7 Å². The van der Waals surface area contributed by atoms with E-state index in [0.717, 1.165) is 17.5 Å². The molecule has 160 valence electrons. The molecule has 0 fully saturated rings. The van der Waals surface area contributed by atoms with Crippen LogP contribution >= 0.6 is 0 Å². The van der Waals surface area contributed by atoms with Gasteiger partial charge >= 0.3 is 0 Å². The van der Waals surface area contributed by atoms with Crippen molar-refractivity contribution in [3.05, 3.63) is 102 Å². The molecule has 2 amide bonds.